The maximum atomic E-state index is 12.6. The van der Waals surface area contributed by atoms with Crippen molar-refractivity contribution in [3.8, 4) is 0 Å². The molecule has 1 saturated heterocycles. The summed E-state index contributed by atoms with van der Waals surface area (Å²) in [6, 6.07) is 7.81. The molecule has 0 aliphatic carbocycles. The largest absolute Gasteiger partial charge is 0.466 e. The van der Waals surface area contributed by atoms with Gasteiger partial charge in [-0.2, -0.15) is 0 Å². The summed E-state index contributed by atoms with van der Waals surface area (Å²) in [5, 5.41) is 0. The smallest absolute Gasteiger partial charge is 0.410 e. The van der Waals surface area contributed by atoms with E-state index < -0.39 is 6.09 Å². The Morgan fingerprint density at radius 2 is 1.73 bits per heavy atom. The van der Waals surface area contributed by atoms with E-state index in [2.05, 4.69) is 18.1 Å². The summed E-state index contributed by atoms with van der Waals surface area (Å²) in [6.45, 7) is 12.0. The minimum Gasteiger partial charge on any atom is -0.466 e. The first-order chi connectivity index (χ1) is 15.9. The Labute approximate surface area is 195 Å². The van der Waals surface area contributed by atoms with E-state index in [1.807, 2.05) is 24.3 Å². The minimum absolute atomic E-state index is 0.0456. The highest BCUT2D eigenvalue weighted by Crippen LogP contribution is 2.18. The number of carbonyl (C=O) groups excluding carboxylic acids is 3. The molecule has 0 saturated carbocycles. The summed E-state index contributed by atoms with van der Waals surface area (Å²) in [7, 11) is 1.54. The quantitative estimate of drug-likeness (QED) is 0.399. The van der Waals surface area contributed by atoms with Gasteiger partial charge in [0.05, 0.1) is 13.0 Å². The number of ether oxygens (including phenoxy) is 2. The number of esters is 1. The first-order valence-electron chi connectivity index (χ1n) is 11.0. The Hall–Kier alpha value is -3.55. The minimum atomic E-state index is -0.568. The summed E-state index contributed by atoms with van der Waals surface area (Å²) in [5.74, 6) is -0.356. The second-order valence-corrected chi connectivity index (χ2v) is 7.61. The summed E-state index contributed by atoms with van der Waals surface area (Å²) in [4.78, 5) is 41.6. The van der Waals surface area contributed by atoms with E-state index in [9.17, 15) is 14.4 Å². The van der Waals surface area contributed by atoms with Gasteiger partial charge in [0.15, 0.2) is 0 Å². The monoisotopic (exact) mass is 455 g/mol. The summed E-state index contributed by atoms with van der Waals surface area (Å²) in [6.07, 6.45) is 4.58. The van der Waals surface area contributed by atoms with Gasteiger partial charge in [0.2, 0.25) is 5.91 Å². The Bertz CT molecular complexity index is 871. The standard InChI is InChI=1S/C25H33N3O5/c1-5-8-20(6-2)19-33-25(31)26(4)18-23(29)28-15-13-27(14-16-28)22-11-9-21(10-12-22)17-24(30)32-7-3/h5-6,8-12H,1-2,7,13-19H2,3-4H3/b20-8+. The molecule has 8 heteroatoms. The lowest BCUT2D eigenvalue weighted by Crippen LogP contribution is -2.51. The number of nitrogens with zero attached hydrogens (tertiary/aromatic N) is 3. The highest BCUT2D eigenvalue weighted by atomic mass is 16.6. The van der Waals surface area contributed by atoms with Crippen molar-refractivity contribution in [3.63, 3.8) is 0 Å². The number of carbonyl (C=O) groups is 3. The Kier molecular flexibility index (Phi) is 10.2. The van der Waals surface area contributed by atoms with Crippen molar-refractivity contribution in [1.82, 2.24) is 9.80 Å². The fourth-order valence-electron chi connectivity index (χ4n) is 3.37. The lowest BCUT2D eigenvalue weighted by atomic mass is 10.1. The van der Waals surface area contributed by atoms with Crippen LogP contribution in [0.1, 0.15) is 12.5 Å². The van der Waals surface area contributed by atoms with Crippen LogP contribution in [-0.4, -0.2) is 80.8 Å². The van der Waals surface area contributed by atoms with Gasteiger partial charge in [-0.05, 0) is 30.2 Å². The Balaban J connectivity index is 1.79. The third-order valence-corrected chi connectivity index (χ3v) is 5.23. The van der Waals surface area contributed by atoms with Gasteiger partial charge >= 0.3 is 12.1 Å². The van der Waals surface area contributed by atoms with Crippen LogP contribution in [0.2, 0.25) is 0 Å². The van der Waals surface area contributed by atoms with Crippen molar-refractivity contribution in [1.29, 1.82) is 0 Å². The van der Waals surface area contributed by atoms with Gasteiger partial charge < -0.3 is 24.2 Å². The molecule has 0 spiro atoms. The van der Waals surface area contributed by atoms with Crippen LogP contribution in [0.25, 0.3) is 0 Å². The molecule has 1 fully saturated rings. The van der Waals surface area contributed by atoms with E-state index in [1.165, 1.54) is 4.90 Å². The van der Waals surface area contributed by atoms with Crippen LogP contribution in [0.15, 0.2) is 61.2 Å². The zero-order valence-corrected chi connectivity index (χ0v) is 19.5. The lowest BCUT2D eigenvalue weighted by molar-refractivity contribution is -0.142. The highest BCUT2D eigenvalue weighted by molar-refractivity contribution is 5.82. The molecule has 1 aromatic carbocycles. The normalized spacial score (nSPS) is 13.8. The average Bonchev–Trinajstić information content (AvgIpc) is 2.82. The molecule has 1 heterocycles. The molecule has 0 unspecified atom stereocenters. The van der Waals surface area contributed by atoms with Crippen LogP contribution in [0, 0.1) is 0 Å². The van der Waals surface area contributed by atoms with E-state index in [1.54, 1.807) is 37.1 Å². The van der Waals surface area contributed by atoms with Gasteiger partial charge in [0.25, 0.3) is 0 Å². The van der Waals surface area contributed by atoms with E-state index in [0.717, 1.165) is 16.8 Å². The molecule has 0 aromatic heterocycles. The van der Waals surface area contributed by atoms with Crippen molar-refractivity contribution in [2.45, 2.75) is 13.3 Å². The van der Waals surface area contributed by atoms with E-state index in [0.29, 0.717) is 32.8 Å². The van der Waals surface area contributed by atoms with Gasteiger partial charge in [-0.1, -0.05) is 43.5 Å². The van der Waals surface area contributed by atoms with Gasteiger partial charge in [-0.3, -0.25) is 9.59 Å². The molecular weight excluding hydrogens is 422 g/mol. The zero-order valence-electron chi connectivity index (χ0n) is 19.5. The topological polar surface area (TPSA) is 79.4 Å². The van der Waals surface area contributed by atoms with Crippen LogP contribution < -0.4 is 4.90 Å². The average molecular weight is 456 g/mol. The lowest BCUT2D eigenvalue weighted by Gasteiger charge is -2.36. The number of rotatable bonds is 10. The van der Waals surface area contributed by atoms with Crippen LogP contribution in [-0.2, 0) is 25.5 Å². The van der Waals surface area contributed by atoms with Gasteiger partial charge in [0, 0.05) is 38.9 Å². The number of anilines is 1. The van der Waals surface area contributed by atoms with E-state index in [-0.39, 0.29) is 31.4 Å². The number of piperazine rings is 1. The maximum Gasteiger partial charge on any atom is 0.410 e. The zero-order chi connectivity index (χ0) is 24.2. The third kappa shape index (κ3) is 8.14. The molecule has 1 aliphatic heterocycles. The molecule has 0 radical (unpaired) electrons. The van der Waals surface area contributed by atoms with Crippen LogP contribution in [0.4, 0.5) is 10.5 Å². The molecule has 0 bridgehead atoms. The number of allylic oxidation sites excluding steroid dienone is 2. The Morgan fingerprint density at radius 3 is 2.30 bits per heavy atom. The molecule has 2 amide bonds. The second kappa shape index (κ2) is 13.1. The van der Waals surface area contributed by atoms with Crippen molar-refractivity contribution >= 4 is 23.7 Å². The maximum absolute atomic E-state index is 12.6. The fraction of sp³-hybridized carbons (Fsp3) is 0.400. The number of hydrogen-bond acceptors (Lipinski definition) is 6. The molecule has 33 heavy (non-hydrogen) atoms. The van der Waals surface area contributed by atoms with Crippen molar-refractivity contribution in [3.05, 3.63) is 66.8 Å². The summed E-state index contributed by atoms with van der Waals surface area (Å²) < 4.78 is 10.2. The molecule has 1 aliphatic rings. The molecule has 178 valence electrons. The van der Waals surface area contributed by atoms with E-state index in [4.69, 9.17) is 9.47 Å². The first kappa shape index (κ1) is 25.7. The number of hydrogen-bond donors (Lipinski definition) is 0. The number of amides is 2. The Morgan fingerprint density at radius 1 is 1.06 bits per heavy atom. The fourth-order valence-corrected chi connectivity index (χ4v) is 3.37. The van der Waals surface area contributed by atoms with Gasteiger partial charge in [0.1, 0.15) is 13.2 Å². The number of benzene rings is 1. The number of likely N-dealkylation sites (N-methyl/N-ethyl adjacent to an activating group) is 1. The SMILES string of the molecule is C=C/C=C(\C=C)COC(=O)N(C)CC(=O)N1CCN(c2ccc(CC(=O)OCC)cc2)CC1. The van der Waals surface area contributed by atoms with Gasteiger partial charge in [-0.25, -0.2) is 4.79 Å². The molecular formula is C25H33N3O5. The summed E-state index contributed by atoms with van der Waals surface area (Å²) in [5.41, 5.74) is 2.67. The first-order valence-corrected chi connectivity index (χ1v) is 11.0. The van der Waals surface area contributed by atoms with Crippen molar-refractivity contribution < 1.29 is 23.9 Å². The van der Waals surface area contributed by atoms with Crippen molar-refractivity contribution in [2.24, 2.45) is 0 Å². The van der Waals surface area contributed by atoms with Crippen LogP contribution >= 0.6 is 0 Å². The van der Waals surface area contributed by atoms with Crippen LogP contribution in [0.5, 0.6) is 0 Å². The third-order valence-electron chi connectivity index (χ3n) is 5.23. The van der Waals surface area contributed by atoms with Crippen molar-refractivity contribution in [2.75, 3.05) is 57.9 Å². The highest BCUT2D eigenvalue weighted by Gasteiger charge is 2.24. The van der Waals surface area contributed by atoms with Gasteiger partial charge in [-0.15, -0.1) is 0 Å². The molecule has 8 nitrogen and oxygen atoms in total. The second-order valence-electron chi connectivity index (χ2n) is 7.61. The van der Waals surface area contributed by atoms with Crippen LogP contribution in [0.3, 0.4) is 0 Å². The predicted octanol–water partition coefficient (Wildman–Crippen LogP) is 2.81. The molecule has 1 aromatic rings. The van der Waals surface area contributed by atoms with E-state index >= 15 is 0 Å². The molecule has 0 atom stereocenters. The molecule has 0 N–H and O–H groups in total. The molecule has 2 rings (SSSR count). The predicted molar refractivity (Wildman–Crippen MR) is 128 cm³/mol. The summed E-state index contributed by atoms with van der Waals surface area (Å²) >= 11 is 0.